The normalized spacial score (nSPS) is 13.1. The average molecular weight is 783 g/mol. The van der Waals surface area contributed by atoms with Crippen molar-refractivity contribution in [1.29, 1.82) is 0 Å². The maximum Gasteiger partial charge on any atom is 0.165 e. The van der Waals surface area contributed by atoms with Gasteiger partial charge in [0.25, 0.3) is 0 Å². The Kier molecular flexibility index (Phi) is 13.9. The van der Waals surface area contributed by atoms with E-state index in [1.807, 2.05) is 12.3 Å². The summed E-state index contributed by atoms with van der Waals surface area (Å²) in [6.45, 7) is 13.4. The third kappa shape index (κ3) is 9.75. The lowest BCUT2D eigenvalue weighted by Crippen LogP contribution is -2.26. The summed E-state index contributed by atoms with van der Waals surface area (Å²) >= 11 is 0. The molecule has 0 atom stereocenters. The quantitative estimate of drug-likeness (QED) is 0.0768. The fourth-order valence-electron chi connectivity index (χ4n) is 9.11. The van der Waals surface area contributed by atoms with E-state index in [-0.39, 0.29) is 10.8 Å². The molecule has 0 N–H and O–H groups in total. The summed E-state index contributed by atoms with van der Waals surface area (Å²) in [6.07, 6.45) is 21.3. The molecule has 1 aliphatic carbocycles. The van der Waals surface area contributed by atoms with Crippen molar-refractivity contribution in [2.75, 3.05) is 0 Å². The predicted molar refractivity (Wildman–Crippen MR) is 250 cm³/mol. The summed E-state index contributed by atoms with van der Waals surface area (Å²) in [5.41, 5.74) is 13.6. The number of benzene rings is 4. The van der Waals surface area contributed by atoms with Gasteiger partial charge in [-0.3, -0.25) is 4.98 Å². The van der Waals surface area contributed by atoms with Gasteiger partial charge < -0.3 is 0 Å². The number of fused-ring (bicyclic) bond motifs is 3. The minimum atomic E-state index is -0.249. The van der Waals surface area contributed by atoms with Crippen LogP contribution in [0.5, 0.6) is 0 Å². The molecule has 0 fully saturated rings. The Morgan fingerprint density at radius 2 is 1.00 bits per heavy atom. The van der Waals surface area contributed by atoms with E-state index >= 15 is 0 Å². The van der Waals surface area contributed by atoms with E-state index in [0.29, 0.717) is 11.6 Å². The summed E-state index contributed by atoms with van der Waals surface area (Å²) in [6, 6.07) is 37.8. The van der Waals surface area contributed by atoms with Gasteiger partial charge in [-0.2, -0.15) is 0 Å². The van der Waals surface area contributed by atoms with Crippen LogP contribution in [0.4, 0.5) is 0 Å². The molecular formula is C55H66N4. The standard InChI is InChI=1S/C55H66N4/c1-7-10-12-14-16-21-35-55(36-22-17-15-13-11-8-2)48-37-40(9-3)25-32-46(48)47-33-30-44(38-49(47)55)50-34-31-45(39-56-50)52-57-51(58-53(59-52)54(4,5)6)43-28-26-42(27-29-43)41-23-19-18-20-24-41/h18-20,23-34,37-39H,7-17,21-22,35-36H2,1-6H3. The third-order valence-corrected chi connectivity index (χ3v) is 12.6. The number of hydrogen-bond donors (Lipinski definition) is 0. The van der Waals surface area contributed by atoms with Crippen LogP contribution in [-0.4, -0.2) is 19.9 Å². The molecular weight excluding hydrogens is 717 g/mol. The zero-order chi connectivity index (χ0) is 41.2. The molecule has 7 rings (SSSR count). The lowest BCUT2D eigenvalue weighted by atomic mass is 9.70. The fourth-order valence-corrected chi connectivity index (χ4v) is 9.11. The minimum absolute atomic E-state index is 0.0330. The van der Waals surface area contributed by atoms with Crippen molar-refractivity contribution >= 4 is 0 Å². The molecule has 2 aromatic heterocycles. The Bertz CT molecular complexity index is 2250. The van der Waals surface area contributed by atoms with E-state index < -0.39 is 0 Å². The maximum absolute atomic E-state index is 5.12. The summed E-state index contributed by atoms with van der Waals surface area (Å²) in [5.74, 6) is 2.10. The van der Waals surface area contributed by atoms with E-state index in [1.165, 1.54) is 129 Å². The van der Waals surface area contributed by atoms with Crippen molar-refractivity contribution in [3.63, 3.8) is 0 Å². The van der Waals surface area contributed by atoms with Crippen molar-refractivity contribution in [1.82, 2.24) is 19.9 Å². The molecule has 4 heteroatoms. The Balaban J connectivity index is 1.21. The SMILES string of the molecule is CCCCCCCCC1(CCCCCCCC)c2cc(CC)ccc2-c2ccc(-c3ccc(-c4nc(-c5ccc(-c6ccccc6)cc5)nc(C(C)(C)C)n4)cn3)cc21. The van der Waals surface area contributed by atoms with Crippen LogP contribution in [-0.2, 0) is 17.3 Å². The second kappa shape index (κ2) is 19.4. The van der Waals surface area contributed by atoms with Crippen molar-refractivity contribution in [2.24, 2.45) is 0 Å². The lowest BCUT2D eigenvalue weighted by molar-refractivity contribution is 0.397. The van der Waals surface area contributed by atoms with Gasteiger partial charge >= 0.3 is 0 Å². The van der Waals surface area contributed by atoms with E-state index in [2.05, 4.69) is 139 Å². The zero-order valence-electron chi connectivity index (χ0n) is 36.8. The molecule has 0 aliphatic heterocycles. The molecule has 0 unspecified atom stereocenters. The first-order chi connectivity index (χ1) is 28.7. The molecule has 4 aromatic carbocycles. The van der Waals surface area contributed by atoms with Crippen LogP contribution in [0.3, 0.4) is 0 Å². The van der Waals surface area contributed by atoms with Crippen LogP contribution in [0, 0.1) is 0 Å². The molecule has 0 spiro atoms. The Morgan fingerprint density at radius 3 is 1.59 bits per heavy atom. The Hall–Kier alpha value is -4.96. The number of unbranched alkanes of at least 4 members (excludes halogenated alkanes) is 10. The molecule has 6 aromatic rings. The highest BCUT2D eigenvalue weighted by Gasteiger charge is 2.42. The largest absolute Gasteiger partial charge is 0.255 e. The van der Waals surface area contributed by atoms with Gasteiger partial charge in [-0.15, -0.1) is 0 Å². The van der Waals surface area contributed by atoms with Crippen LogP contribution in [0.1, 0.15) is 154 Å². The van der Waals surface area contributed by atoms with Gasteiger partial charge in [-0.1, -0.05) is 204 Å². The van der Waals surface area contributed by atoms with E-state index in [9.17, 15) is 0 Å². The first-order valence-electron chi connectivity index (χ1n) is 22.9. The fraction of sp³-hybridized carbons (Fsp3) is 0.418. The van der Waals surface area contributed by atoms with Gasteiger partial charge in [0.2, 0.25) is 0 Å². The van der Waals surface area contributed by atoms with Gasteiger partial charge in [0.05, 0.1) is 5.69 Å². The highest BCUT2D eigenvalue weighted by atomic mass is 15.0. The molecule has 59 heavy (non-hydrogen) atoms. The van der Waals surface area contributed by atoms with Crippen molar-refractivity contribution in [2.45, 2.75) is 149 Å². The highest BCUT2D eigenvalue weighted by Crippen LogP contribution is 2.55. The number of hydrogen-bond acceptors (Lipinski definition) is 4. The summed E-state index contributed by atoms with van der Waals surface area (Å²) < 4.78 is 0. The maximum atomic E-state index is 5.12. The third-order valence-electron chi connectivity index (χ3n) is 12.6. The molecule has 0 saturated heterocycles. The van der Waals surface area contributed by atoms with E-state index in [1.54, 1.807) is 5.56 Å². The summed E-state index contributed by atoms with van der Waals surface area (Å²) in [7, 11) is 0. The van der Waals surface area contributed by atoms with Gasteiger partial charge in [0.15, 0.2) is 11.6 Å². The van der Waals surface area contributed by atoms with E-state index in [0.717, 1.165) is 29.1 Å². The first-order valence-corrected chi connectivity index (χ1v) is 22.9. The van der Waals surface area contributed by atoms with Crippen molar-refractivity contribution in [3.8, 4) is 56.3 Å². The van der Waals surface area contributed by atoms with Crippen molar-refractivity contribution < 1.29 is 0 Å². The van der Waals surface area contributed by atoms with Gasteiger partial charge in [0, 0.05) is 33.7 Å². The second-order valence-electron chi connectivity index (χ2n) is 18.0. The molecule has 1 aliphatic rings. The number of aromatic nitrogens is 4. The molecule has 0 bridgehead atoms. The minimum Gasteiger partial charge on any atom is -0.255 e. The monoisotopic (exact) mass is 783 g/mol. The van der Waals surface area contributed by atoms with Crippen LogP contribution in [0.2, 0.25) is 0 Å². The molecule has 0 saturated carbocycles. The Morgan fingerprint density at radius 1 is 0.475 bits per heavy atom. The molecule has 0 amide bonds. The van der Waals surface area contributed by atoms with E-state index in [4.69, 9.17) is 19.9 Å². The molecule has 306 valence electrons. The van der Waals surface area contributed by atoms with Crippen LogP contribution in [0.15, 0.2) is 109 Å². The second-order valence-corrected chi connectivity index (χ2v) is 18.0. The van der Waals surface area contributed by atoms with Crippen LogP contribution < -0.4 is 0 Å². The number of rotatable bonds is 19. The van der Waals surface area contributed by atoms with Gasteiger partial charge in [0.1, 0.15) is 5.82 Å². The summed E-state index contributed by atoms with van der Waals surface area (Å²) in [4.78, 5) is 20.2. The number of nitrogens with zero attached hydrogens (tertiary/aromatic N) is 4. The molecule has 0 radical (unpaired) electrons. The van der Waals surface area contributed by atoms with Crippen LogP contribution >= 0.6 is 0 Å². The van der Waals surface area contributed by atoms with Gasteiger partial charge in [-0.05, 0) is 76.4 Å². The molecule has 4 nitrogen and oxygen atoms in total. The van der Waals surface area contributed by atoms with Crippen molar-refractivity contribution in [3.05, 3.63) is 132 Å². The molecule has 2 heterocycles. The first kappa shape index (κ1) is 42.2. The number of pyridine rings is 1. The highest BCUT2D eigenvalue weighted by molar-refractivity contribution is 5.84. The average Bonchev–Trinajstić information content (AvgIpc) is 3.53. The zero-order valence-corrected chi connectivity index (χ0v) is 36.8. The Labute approximate surface area is 355 Å². The summed E-state index contributed by atoms with van der Waals surface area (Å²) in [5, 5.41) is 0. The number of aryl methyl sites for hydroxylation is 1. The van der Waals surface area contributed by atoms with Gasteiger partial charge in [-0.25, -0.2) is 15.0 Å². The topological polar surface area (TPSA) is 51.6 Å². The predicted octanol–water partition coefficient (Wildman–Crippen LogP) is 15.6. The lowest BCUT2D eigenvalue weighted by Gasteiger charge is -2.33. The smallest absolute Gasteiger partial charge is 0.165 e. The van der Waals surface area contributed by atoms with Crippen LogP contribution in [0.25, 0.3) is 56.3 Å².